The van der Waals surface area contributed by atoms with Gasteiger partial charge in [-0.2, -0.15) is 12.7 Å². The third-order valence-electron chi connectivity index (χ3n) is 7.19. The van der Waals surface area contributed by atoms with Gasteiger partial charge in [0.2, 0.25) is 11.8 Å². The van der Waals surface area contributed by atoms with Gasteiger partial charge in [0, 0.05) is 33.6 Å². The minimum atomic E-state index is -4.04. The summed E-state index contributed by atoms with van der Waals surface area (Å²) in [7, 11) is -1.15. The maximum atomic E-state index is 14.4. The summed E-state index contributed by atoms with van der Waals surface area (Å²) in [5.41, 5.74) is 4.82. The lowest BCUT2D eigenvalue weighted by molar-refractivity contribution is -0.140. The van der Waals surface area contributed by atoms with E-state index in [1.807, 2.05) is 94.4 Å². The molecule has 8 nitrogen and oxygen atoms in total. The number of nitrogens with one attached hydrogen (secondary N) is 1. The van der Waals surface area contributed by atoms with E-state index < -0.39 is 28.7 Å². The Labute approximate surface area is 251 Å². The van der Waals surface area contributed by atoms with Gasteiger partial charge in [-0.1, -0.05) is 85.6 Å². The number of aryl methyl sites for hydroxylation is 3. The molecule has 2 amide bonds. The van der Waals surface area contributed by atoms with E-state index in [0.717, 1.165) is 49.3 Å². The molecule has 0 aliphatic heterocycles. The fourth-order valence-electron chi connectivity index (χ4n) is 4.76. The Balaban J connectivity index is 2.11. The number of nitrogens with zero attached hydrogens (tertiary/aromatic N) is 3. The summed E-state index contributed by atoms with van der Waals surface area (Å²) in [6.45, 7) is 7.92. The first kappa shape index (κ1) is 32.8. The zero-order chi connectivity index (χ0) is 30.9. The Bertz CT molecular complexity index is 1460. The van der Waals surface area contributed by atoms with Gasteiger partial charge < -0.3 is 10.2 Å². The number of carbonyl (C=O) groups excluding carboxylic acids is 2. The molecule has 1 N–H and O–H groups in total. The lowest BCUT2D eigenvalue weighted by Gasteiger charge is -2.35. The number of carbonyl (C=O) groups is 2. The molecule has 0 fully saturated rings. The monoisotopic (exact) mass is 592 g/mol. The van der Waals surface area contributed by atoms with Crippen LogP contribution < -0.4 is 9.62 Å². The summed E-state index contributed by atoms with van der Waals surface area (Å²) in [6, 6.07) is 22.0. The van der Waals surface area contributed by atoms with Gasteiger partial charge in [-0.05, 0) is 55.5 Å². The highest BCUT2D eigenvalue weighted by Crippen LogP contribution is 2.26. The molecule has 226 valence electrons. The molecule has 0 spiro atoms. The second kappa shape index (κ2) is 15.0. The van der Waals surface area contributed by atoms with Gasteiger partial charge in [-0.3, -0.25) is 9.59 Å². The second-order valence-corrected chi connectivity index (χ2v) is 13.0. The van der Waals surface area contributed by atoms with Crippen LogP contribution in [0.25, 0.3) is 0 Å². The lowest BCUT2D eigenvalue weighted by atomic mass is 10.0. The van der Waals surface area contributed by atoms with Crippen LogP contribution in [-0.2, 0) is 32.8 Å². The van der Waals surface area contributed by atoms with Crippen molar-refractivity contribution in [3.8, 4) is 0 Å². The fraction of sp³-hybridized carbons (Fsp3) is 0.394. The van der Waals surface area contributed by atoms with Crippen molar-refractivity contribution in [2.24, 2.45) is 0 Å². The van der Waals surface area contributed by atoms with E-state index in [1.165, 1.54) is 19.0 Å². The molecule has 3 aromatic carbocycles. The Hall–Kier alpha value is -3.69. The number of rotatable bonds is 14. The third kappa shape index (κ3) is 8.66. The van der Waals surface area contributed by atoms with E-state index in [-0.39, 0.29) is 12.5 Å². The van der Waals surface area contributed by atoms with Crippen molar-refractivity contribution in [3.05, 3.63) is 101 Å². The average molecular weight is 593 g/mol. The maximum Gasteiger partial charge on any atom is 0.304 e. The Morgan fingerprint density at radius 2 is 1.52 bits per heavy atom. The lowest BCUT2D eigenvalue weighted by Crippen LogP contribution is -2.54. The van der Waals surface area contributed by atoms with E-state index in [9.17, 15) is 18.0 Å². The van der Waals surface area contributed by atoms with E-state index >= 15 is 0 Å². The van der Waals surface area contributed by atoms with Crippen LogP contribution >= 0.6 is 0 Å². The van der Waals surface area contributed by atoms with E-state index in [4.69, 9.17) is 0 Å². The maximum absolute atomic E-state index is 14.4. The summed E-state index contributed by atoms with van der Waals surface area (Å²) in [6.07, 6.45) is 2.03. The molecule has 0 aliphatic carbocycles. The fourth-order valence-corrected chi connectivity index (χ4v) is 5.87. The van der Waals surface area contributed by atoms with Crippen molar-refractivity contribution in [1.29, 1.82) is 0 Å². The van der Waals surface area contributed by atoms with Gasteiger partial charge in [0.25, 0.3) is 0 Å². The Kier molecular flexibility index (Phi) is 11.7. The minimum absolute atomic E-state index is 0.155. The predicted molar refractivity (Wildman–Crippen MR) is 169 cm³/mol. The van der Waals surface area contributed by atoms with Crippen molar-refractivity contribution in [2.45, 2.75) is 59.5 Å². The second-order valence-electron chi connectivity index (χ2n) is 10.9. The van der Waals surface area contributed by atoms with Gasteiger partial charge in [0.1, 0.15) is 12.6 Å². The Morgan fingerprint density at radius 1 is 0.857 bits per heavy atom. The molecule has 0 bridgehead atoms. The van der Waals surface area contributed by atoms with Gasteiger partial charge in [0.05, 0.1) is 5.69 Å². The predicted octanol–water partition coefficient (Wildman–Crippen LogP) is 4.78. The van der Waals surface area contributed by atoms with Crippen LogP contribution in [0.4, 0.5) is 5.69 Å². The molecule has 3 aromatic rings. The molecule has 0 aromatic heterocycles. The zero-order valence-electron chi connectivity index (χ0n) is 25.6. The molecule has 0 saturated carbocycles. The highest BCUT2D eigenvalue weighted by atomic mass is 32.2. The molecule has 3 rings (SSSR count). The summed E-state index contributed by atoms with van der Waals surface area (Å²) in [5.74, 6) is -0.725. The highest BCUT2D eigenvalue weighted by Gasteiger charge is 2.35. The minimum Gasteiger partial charge on any atom is -0.354 e. The van der Waals surface area contributed by atoms with Crippen molar-refractivity contribution < 1.29 is 18.0 Å². The smallest absolute Gasteiger partial charge is 0.304 e. The van der Waals surface area contributed by atoms with Crippen LogP contribution in [0.2, 0.25) is 0 Å². The van der Waals surface area contributed by atoms with Gasteiger partial charge in [-0.15, -0.1) is 0 Å². The van der Waals surface area contributed by atoms with Crippen molar-refractivity contribution in [3.63, 3.8) is 0 Å². The van der Waals surface area contributed by atoms with Crippen molar-refractivity contribution >= 4 is 27.7 Å². The molecule has 0 heterocycles. The number of anilines is 1. The standard InChI is InChI=1S/C33H44N4O4S/c1-7-8-19-34-33(39)31(22-28-14-10-9-11-15-28)36(23-29-16-12-13-25(2)20-29)32(38)24-37(42(40,41)35(5)6)30-21-26(3)17-18-27(30)4/h9-18,20-21,31H,7-8,19,22-24H2,1-6H3,(H,34,39)/t31-/m0/s1. The summed E-state index contributed by atoms with van der Waals surface area (Å²) < 4.78 is 29.5. The first-order valence-electron chi connectivity index (χ1n) is 14.4. The summed E-state index contributed by atoms with van der Waals surface area (Å²) >= 11 is 0. The first-order chi connectivity index (χ1) is 19.9. The van der Waals surface area contributed by atoms with Crippen LogP contribution in [0, 0.1) is 20.8 Å². The van der Waals surface area contributed by atoms with Crippen LogP contribution in [0.3, 0.4) is 0 Å². The number of amides is 2. The van der Waals surface area contributed by atoms with Crippen LogP contribution in [0.5, 0.6) is 0 Å². The number of unbranched alkanes of at least 4 members (excludes halogenated alkanes) is 1. The number of hydrogen-bond acceptors (Lipinski definition) is 4. The molecular formula is C33H44N4O4S. The molecule has 1 atom stereocenters. The Morgan fingerprint density at radius 3 is 2.17 bits per heavy atom. The van der Waals surface area contributed by atoms with E-state index in [0.29, 0.717) is 18.7 Å². The molecule has 0 radical (unpaired) electrons. The van der Waals surface area contributed by atoms with Gasteiger partial charge in [-0.25, -0.2) is 4.31 Å². The highest BCUT2D eigenvalue weighted by molar-refractivity contribution is 7.90. The van der Waals surface area contributed by atoms with Gasteiger partial charge >= 0.3 is 10.2 Å². The van der Waals surface area contributed by atoms with Crippen LogP contribution in [-0.4, -0.2) is 62.7 Å². The topological polar surface area (TPSA) is 90.0 Å². The molecule has 0 aliphatic rings. The third-order valence-corrected chi connectivity index (χ3v) is 8.99. The van der Waals surface area contributed by atoms with Crippen LogP contribution in [0.15, 0.2) is 72.8 Å². The number of hydrogen-bond donors (Lipinski definition) is 1. The van der Waals surface area contributed by atoms with Crippen molar-refractivity contribution in [2.75, 3.05) is 31.5 Å². The van der Waals surface area contributed by atoms with E-state index in [1.54, 1.807) is 6.07 Å². The molecule has 42 heavy (non-hydrogen) atoms. The SMILES string of the molecule is CCCCNC(=O)[C@H](Cc1ccccc1)N(Cc1cccc(C)c1)C(=O)CN(c1cc(C)ccc1C)S(=O)(=O)N(C)C. The molecule has 0 unspecified atom stereocenters. The normalized spacial score (nSPS) is 12.2. The zero-order valence-corrected chi connectivity index (χ0v) is 26.4. The molecular weight excluding hydrogens is 548 g/mol. The van der Waals surface area contributed by atoms with Crippen LogP contribution in [0.1, 0.15) is 47.6 Å². The van der Waals surface area contributed by atoms with Crippen molar-refractivity contribution in [1.82, 2.24) is 14.5 Å². The molecule has 9 heteroatoms. The molecule has 0 saturated heterocycles. The summed E-state index contributed by atoms with van der Waals surface area (Å²) in [5, 5.41) is 3.01. The largest absolute Gasteiger partial charge is 0.354 e. The quantitative estimate of drug-likeness (QED) is 0.273. The average Bonchev–Trinajstić information content (AvgIpc) is 2.95. The number of benzene rings is 3. The van der Waals surface area contributed by atoms with Gasteiger partial charge in [0.15, 0.2) is 0 Å². The van der Waals surface area contributed by atoms with E-state index in [2.05, 4.69) is 5.32 Å². The first-order valence-corrected chi connectivity index (χ1v) is 15.8. The summed E-state index contributed by atoms with van der Waals surface area (Å²) in [4.78, 5) is 29.6.